The van der Waals surface area contributed by atoms with Crippen molar-refractivity contribution in [2.24, 2.45) is 0 Å². The predicted molar refractivity (Wildman–Crippen MR) is 80.4 cm³/mol. The Labute approximate surface area is 122 Å². The molecule has 2 nitrogen and oxygen atoms in total. The van der Waals surface area contributed by atoms with Gasteiger partial charge in [-0.2, -0.15) is 0 Å². The van der Waals surface area contributed by atoms with E-state index in [-0.39, 0.29) is 11.9 Å². The quantitative estimate of drug-likeness (QED) is 0.689. The summed E-state index contributed by atoms with van der Waals surface area (Å²) < 4.78 is 18.9. The van der Waals surface area contributed by atoms with Gasteiger partial charge in [-0.3, -0.25) is 0 Å². The number of nitrogens with two attached hydrogens (primary N) is 1. The highest BCUT2D eigenvalue weighted by molar-refractivity contribution is 7.99. The third kappa shape index (κ3) is 2.81. The van der Waals surface area contributed by atoms with E-state index in [0.29, 0.717) is 5.69 Å². The molecule has 1 atom stereocenters. The van der Waals surface area contributed by atoms with Gasteiger partial charge in [-0.15, -0.1) is 11.8 Å². The average molecular weight is 289 g/mol. The number of nitrogen functional groups attached to an aromatic ring is 1. The smallest absolute Gasteiger partial charge is 0.125 e. The number of fused-ring (bicyclic) bond motifs is 1. The highest BCUT2D eigenvalue weighted by atomic mass is 32.2. The van der Waals surface area contributed by atoms with Gasteiger partial charge in [0.1, 0.15) is 5.82 Å². The van der Waals surface area contributed by atoms with E-state index >= 15 is 0 Å². The Hall–Kier alpha value is -1.52. The first-order valence-corrected chi connectivity index (χ1v) is 7.60. The molecule has 1 heterocycles. The van der Waals surface area contributed by atoms with Gasteiger partial charge in [-0.25, -0.2) is 4.39 Å². The number of halogens is 1. The number of benzene rings is 2. The van der Waals surface area contributed by atoms with Crippen LogP contribution in [-0.4, -0.2) is 12.4 Å². The maximum absolute atomic E-state index is 13.0. The third-order valence-electron chi connectivity index (χ3n) is 3.45. The zero-order chi connectivity index (χ0) is 13.9. The van der Waals surface area contributed by atoms with Gasteiger partial charge in [0.2, 0.25) is 0 Å². The molecule has 0 aliphatic carbocycles. The highest BCUT2D eigenvalue weighted by Gasteiger charge is 2.20. The maximum atomic E-state index is 13.0. The molecule has 0 saturated heterocycles. The number of hydrogen-bond donors (Lipinski definition) is 1. The van der Waals surface area contributed by atoms with Crippen LogP contribution in [0.15, 0.2) is 47.4 Å². The Morgan fingerprint density at radius 3 is 2.95 bits per heavy atom. The first-order valence-electron chi connectivity index (χ1n) is 6.61. The molecule has 0 amide bonds. The fraction of sp³-hybridized carbons (Fsp3) is 0.250. The maximum Gasteiger partial charge on any atom is 0.125 e. The fourth-order valence-corrected chi connectivity index (χ4v) is 3.43. The van der Waals surface area contributed by atoms with E-state index in [1.807, 2.05) is 6.07 Å². The van der Waals surface area contributed by atoms with Crippen molar-refractivity contribution < 1.29 is 9.13 Å². The first kappa shape index (κ1) is 13.5. The molecule has 0 saturated carbocycles. The summed E-state index contributed by atoms with van der Waals surface area (Å²) in [5, 5.41) is 0. The SMILES string of the molecule is Nc1cc(F)ccc1SCC1OCCc2ccccc21. The second kappa shape index (κ2) is 5.85. The number of ether oxygens (including phenoxy) is 1. The minimum atomic E-state index is -0.300. The average Bonchev–Trinajstić information content (AvgIpc) is 2.46. The molecule has 0 aromatic heterocycles. The van der Waals surface area contributed by atoms with Crippen LogP contribution in [0.25, 0.3) is 0 Å². The van der Waals surface area contributed by atoms with E-state index in [1.165, 1.54) is 23.3 Å². The topological polar surface area (TPSA) is 35.2 Å². The van der Waals surface area contributed by atoms with Crippen LogP contribution in [0.3, 0.4) is 0 Å². The van der Waals surface area contributed by atoms with Crippen molar-refractivity contribution in [1.82, 2.24) is 0 Å². The molecule has 0 bridgehead atoms. The standard InChI is InChI=1S/C16H16FNOS/c17-12-5-6-16(14(18)9-12)20-10-15-13-4-2-1-3-11(13)7-8-19-15/h1-6,9,15H,7-8,10,18H2. The Morgan fingerprint density at radius 1 is 1.25 bits per heavy atom. The minimum Gasteiger partial charge on any atom is -0.398 e. The van der Waals surface area contributed by atoms with Crippen LogP contribution >= 0.6 is 11.8 Å². The van der Waals surface area contributed by atoms with E-state index in [2.05, 4.69) is 18.2 Å². The summed E-state index contributed by atoms with van der Waals surface area (Å²) in [7, 11) is 0. The lowest BCUT2D eigenvalue weighted by Gasteiger charge is -2.25. The van der Waals surface area contributed by atoms with Gasteiger partial charge in [0, 0.05) is 16.3 Å². The molecule has 3 rings (SSSR count). The molecule has 0 spiro atoms. The molecule has 1 unspecified atom stereocenters. The molecule has 2 aromatic rings. The molecule has 104 valence electrons. The molecular weight excluding hydrogens is 273 g/mol. The van der Waals surface area contributed by atoms with Gasteiger partial charge in [0.15, 0.2) is 0 Å². The third-order valence-corrected chi connectivity index (χ3v) is 4.61. The van der Waals surface area contributed by atoms with Gasteiger partial charge >= 0.3 is 0 Å². The zero-order valence-corrected chi connectivity index (χ0v) is 11.8. The van der Waals surface area contributed by atoms with Crippen molar-refractivity contribution in [1.29, 1.82) is 0 Å². The lowest BCUT2D eigenvalue weighted by molar-refractivity contribution is 0.0588. The van der Waals surface area contributed by atoms with Gasteiger partial charge in [0.05, 0.1) is 12.7 Å². The Balaban J connectivity index is 1.73. The van der Waals surface area contributed by atoms with E-state index < -0.39 is 0 Å². The number of rotatable bonds is 3. The normalized spacial score (nSPS) is 17.8. The molecule has 0 radical (unpaired) electrons. The lowest BCUT2D eigenvalue weighted by Crippen LogP contribution is -2.17. The Kier molecular flexibility index (Phi) is 3.94. The van der Waals surface area contributed by atoms with Crippen LogP contribution in [0.1, 0.15) is 17.2 Å². The molecule has 2 aromatic carbocycles. The highest BCUT2D eigenvalue weighted by Crippen LogP contribution is 2.34. The van der Waals surface area contributed by atoms with Gasteiger partial charge in [0.25, 0.3) is 0 Å². The summed E-state index contributed by atoms with van der Waals surface area (Å²) in [5.74, 6) is 0.485. The zero-order valence-electron chi connectivity index (χ0n) is 11.0. The summed E-state index contributed by atoms with van der Waals surface area (Å²) in [6.45, 7) is 0.751. The molecule has 0 fully saturated rings. The second-order valence-corrected chi connectivity index (χ2v) is 5.86. The largest absolute Gasteiger partial charge is 0.398 e. The molecule has 4 heteroatoms. The Morgan fingerprint density at radius 2 is 2.10 bits per heavy atom. The van der Waals surface area contributed by atoms with E-state index in [9.17, 15) is 4.39 Å². The van der Waals surface area contributed by atoms with Crippen LogP contribution in [0, 0.1) is 5.82 Å². The molecule has 1 aliphatic heterocycles. The van der Waals surface area contributed by atoms with Crippen molar-refractivity contribution in [2.45, 2.75) is 17.4 Å². The monoisotopic (exact) mass is 289 g/mol. The van der Waals surface area contributed by atoms with E-state index in [4.69, 9.17) is 10.5 Å². The lowest BCUT2D eigenvalue weighted by atomic mass is 9.99. The fourth-order valence-electron chi connectivity index (χ4n) is 2.43. The summed E-state index contributed by atoms with van der Waals surface area (Å²) in [6.07, 6.45) is 1.05. The van der Waals surface area contributed by atoms with Crippen molar-refractivity contribution in [3.63, 3.8) is 0 Å². The van der Waals surface area contributed by atoms with Crippen LogP contribution < -0.4 is 5.73 Å². The summed E-state index contributed by atoms with van der Waals surface area (Å²) >= 11 is 1.61. The second-order valence-electron chi connectivity index (χ2n) is 4.80. The van der Waals surface area contributed by atoms with Crippen molar-refractivity contribution in [3.05, 3.63) is 59.4 Å². The van der Waals surface area contributed by atoms with Gasteiger partial charge < -0.3 is 10.5 Å². The van der Waals surface area contributed by atoms with E-state index in [0.717, 1.165) is 23.7 Å². The van der Waals surface area contributed by atoms with Crippen molar-refractivity contribution in [3.8, 4) is 0 Å². The number of hydrogen-bond acceptors (Lipinski definition) is 3. The van der Waals surface area contributed by atoms with Crippen LogP contribution in [0.5, 0.6) is 0 Å². The summed E-state index contributed by atoms with van der Waals surface area (Å²) in [4.78, 5) is 0.901. The first-order chi connectivity index (χ1) is 9.74. The van der Waals surface area contributed by atoms with Gasteiger partial charge in [-0.05, 0) is 35.7 Å². The summed E-state index contributed by atoms with van der Waals surface area (Å²) in [6, 6.07) is 12.9. The minimum absolute atomic E-state index is 0.0782. The predicted octanol–water partition coefficient (Wildman–Crippen LogP) is 3.81. The van der Waals surface area contributed by atoms with Crippen molar-refractivity contribution in [2.75, 3.05) is 18.1 Å². The van der Waals surface area contributed by atoms with Crippen LogP contribution in [-0.2, 0) is 11.2 Å². The van der Waals surface area contributed by atoms with Crippen LogP contribution in [0.2, 0.25) is 0 Å². The molecule has 2 N–H and O–H groups in total. The molecule has 1 aliphatic rings. The number of thioether (sulfide) groups is 1. The number of anilines is 1. The van der Waals surface area contributed by atoms with E-state index in [1.54, 1.807) is 17.8 Å². The van der Waals surface area contributed by atoms with Crippen molar-refractivity contribution >= 4 is 17.4 Å². The molecular formula is C16H16FNOS. The Bertz CT molecular complexity index is 617. The van der Waals surface area contributed by atoms with Crippen LogP contribution in [0.4, 0.5) is 10.1 Å². The summed E-state index contributed by atoms with van der Waals surface area (Å²) in [5.41, 5.74) is 8.93. The molecule has 20 heavy (non-hydrogen) atoms. The van der Waals surface area contributed by atoms with Gasteiger partial charge in [-0.1, -0.05) is 24.3 Å².